The third-order valence-corrected chi connectivity index (χ3v) is 2.87. The van der Waals surface area contributed by atoms with Crippen molar-refractivity contribution < 1.29 is 4.79 Å². The summed E-state index contributed by atoms with van der Waals surface area (Å²) in [5, 5.41) is 3.59. The average molecular weight is 264 g/mol. The van der Waals surface area contributed by atoms with Gasteiger partial charge in [0, 0.05) is 42.0 Å². The Labute approximate surface area is 115 Å². The molecule has 20 heavy (non-hydrogen) atoms. The van der Waals surface area contributed by atoms with Gasteiger partial charge in [-0.25, -0.2) is 4.98 Å². The number of amides is 1. The number of carbonyl (C=O) groups is 1. The lowest BCUT2D eigenvalue weighted by molar-refractivity contribution is -0.114. The van der Waals surface area contributed by atoms with Crippen molar-refractivity contribution in [1.29, 1.82) is 0 Å². The van der Waals surface area contributed by atoms with Crippen molar-refractivity contribution in [2.75, 3.05) is 5.32 Å². The lowest BCUT2D eigenvalue weighted by Crippen LogP contribution is -2.07. The van der Waals surface area contributed by atoms with Gasteiger partial charge >= 0.3 is 0 Å². The minimum absolute atomic E-state index is 0.145. The fourth-order valence-electron chi connectivity index (χ4n) is 1.97. The lowest BCUT2D eigenvalue weighted by atomic mass is 10.1. The lowest BCUT2D eigenvalue weighted by Gasteiger charge is -2.05. The Morgan fingerprint density at radius 3 is 2.75 bits per heavy atom. The van der Waals surface area contributed by atoms with Crippen molar-refractivity contribution >= 4 is 22.6 Å². The number of rotatable bonds is 2. The van der Waals surface area contributed by atoms with Crippen LogP contribution in [0.25, 0.3) is 22.0 Å². The summed E-state index contributed by atoms with van der Waals surface area (Å²) in [7, 11) is 0. The van der Waals surface area contributed by atoms with Gasteiger partial charge < -0.3 is 5.32 Å². The van der Waals surface area contributed by atoms with Gasteiger partial charge in [0.25, 0.3) is 0 Å². The van der Waals surface area contributed by atoms with Crippen molar-refractivity contribution in [2.45, 2.75) is 6.92 Å². The molecule has 3 aromatic heterocycles. The number of pyridine rings is 3. The molecule has 98 valence electrons. The van der Waals surface area contributed by atoms with Crippen LogP contribution in [0.3, 0.4) is 0 Å². The molecule has 0 fully saturated rings. The molecular weight excluding hydrogens is 252 g/mol. The summed E-state index contributed by atoms with van der Waals surface area (Å²) in [4.78, 5) is 23.7. The van der Waals surface area contributed by atoms with Gasteiger partial charge in [-0.15, -0.1) is 0 Å². The summed E-state index contributed by atoms with van der Waals surface area (Å²) in [6.07, 6.45) is 6.96. The first-order valence-corrected chi connectivity index (χ1v) is 6.16. The number of aromatic nitrogens is 3. The largest absolute Gasteiger partial charge is 0.311 e. The second-order valence-electron chi connectivity index (χ2n) is 4.41. The monoisotopic (exact) mass is 264 g/mol. The van der Waals surface area contributed by atoms with Crippen molar-refractivity contribution in [3.63, 3.8) is 0 Å². The van der Waals surface area contributed by atoms with Crippen molar-refractivity contribution in [3.8, 4) is 11.1 Å². The van der Waals surface area contributed by atoms with Gasteiger partial charge in [0.05, 0.1) is 11.7 Å². The third-order valence-electron chi connectivity index (χ3n) is 2.87. The summed E-state index contributed by atoms with van der Waals surface area (Å²) < 4.78 is 0. The maximum Gasteiger partial charge on any atom is 0.222 e. The first-order chi connectivity index (χ1) is 9.72. The Morgan fingerprint density at radius 2 is 2.00 bits per heavy atom. The Balaban J connectivity index is 2.07. The highest BCUT2D eigenvalue weighted by Gasteiger charge is 2.04. The topological polar surface area (TPSA) is 67.8 Å². The molecule has 0 aromatic carbocycles. The molecule has 3 aromatic rings. The Kier molecular flexibility index (Phi) is 3.09. The van der Waals surface area contributed by atoms with Crippen molar-refractivity contribution in [1.82, 2.24) is 15.0 Å². The SMILES string of the molecule is CC(=O)Nc1cc2cc(-c3cccnc3)cnc2cn1. The zero-order chi connectivity index (χ0) is 13.9. The van der Waals surface area contributed by atoms with Gasteiger partial charge in [0.2, 0.25) is 5.91 Å². The van der Waals surface area contributed by atoms with Crippen LogP contribution in [-0.4, -0.2) is 20.9 Å². The number of nitrogens with one attached hydrogen (secondary N) is 1. The van der Waals surface area contributed by atoms with E-state index in [1.807, 2.05) is 24.3 Å². The highest BCUT2D eigenvalue weighted by atomic mass is 16.1. The van der Waals surface area contributed by atoms with E-state index in [4.69, 9.17) is 0 Å². The van der Waals surface area contributed by atoms with Crippen LogP contribution in [0.15, 0.2) is 49.1 Å². The molecule has 0 aliphatic carbocycles. The quantitative estimate of drug-likeness (QED) is 0.772. The number of nitrogens with zero attached hydrogens (tertiary/aromatic N) is 3. The number of carbonyl (C=O) groups excluding carboxylic acids is 1. The third kappa shape index (κ3) is 2.47. The molecule has 0 radical (unpaired) electrons. The molecule has 3 rings (SSSR count). The Hall–Kier alpha value is -2.82. The molecule has 0 saturated carbocycles. The predicted octanol–water partition coefficient (Wildman–Crippen LogP) is 2.65. The van der Waals surface area contributed by atoms with Gasteiger partial charge in [-0.2, -0.15) is 0 Å². The molecule has 5 heteroatoms. The second kappa shape index (κ2) is 5.05. The minimum Gasteiger partial charge on any atom is -0.311 e. The molecule has 0 atom stereocenters. The molecular formula is C15H12N4O. The van der Waals surface area contributed by atoms with Crippen LogP contribution in [0.2, 0.25) is 0 Å². The molecule has 0 spiro atoms. The van der Waals surface area contributed by atoms with Gasteiger partial charge in [-0.1, -0.05) is 6.07 Å². The van der Waals surface area contributed by atoms with Gasteiger partial charge in [0.1, 0.15) is 5.82 Å². The second-order valence-corrected chi connectivity index (χ2v) is 4.41. The number of hydrogen-bond donors (Lipinski definition) is 1. The van der Waals surface area contributed by atoms with E-state index < -0.39 is 0 Å². The predicted molar refractivity (Wildman–Crippen MR) is 77.1 cm³/mol. The first kappa shape index (κ1) is 12.2. The van der Waals surface area contributed by atoms with Gasteiger partial charge in [-0.3, -0.25) is 14.8 Å². The van der Waals surface area contributed by atoms with Crippen LogP contribution < -0.4 is 5.32 Å². The highest BCUT2D eigenvalue weighted by Crippen LogP contribution is 2.22. The average Bonchev–Trinajstić information content (AvgIpc) is 2.47. The normalized spacial score (nSPS) is 10.4. The van der Waals surface area contributed by atoms with Crippen LogP contribution >= 0.6 is 0 Å². The number of anilines is 1. The van der Waals surface area contributed by atoms with E-state index in [0.717, 1.165) is 22.0 Å². The van der Waals surface area contributed by atoms with Gasteiger partial charge in [-0.05, 0) is 18.2 Å². The first-order valence-electron chi connectivity index (χ1n) is 6.16. The van der Waals surface area contributed by atoms with E-state index in [-0.39, 0.29) is 5.91 Å². The van der Waals surface area contributed by atoms with Crippen LogP contribution in [0.1, 0.15) is 6.92 Å². The van der Waals surface area contributed by atoms with Crippen LogP contribution in [0.4, 0.5) is 5.82 Å². The highest BCUT2D eigenvalue weighted by molar-refractivity contribution is 5.91. The summed E-state index contributed by atoms with van der Waals surface area (Å²) in [5.74, 6) is 0.378. The van der Waals surface area contributed by atoms with Gasteiger partial charge in [0.15, 0.2) is 0 Å². The van der Waals surface area contributed by atoms with E-state index in [1.54, 1.807) is 24.8 Å². The molecule has 3 heterocycles. The molecule has 0 saturated heterocycles. The molecule has 0 bridgehead atoms. The number of hydrogen-bond acceptors (Lipinski definition) is 4. The number of fused-ring (bicyclic) bond motifs is 1. The van der Waals surface area contributed by atoms with Crippen LogP contribution in [-0.2, 0) is 4.79 Å². The zero-order valence-electron chi connectivity index (χ0n) is 10.9. The maximum atomic E-state index is 11.1. The van der Waals surface area contributed by atoms with Crippen LogP contribution in [0, 0.1) is 0 Å². The maximum absolute atomic E-state index is 11.1. The van der Waals surface area contributed by atoms with E-state index in [9.17, 15) is 4.79 Å². The van der Waals surface area contributed by atoms with Crippen molar-refractivity contribution in [2.24, 2.45) is 0 Å². The summed E-state index contributed by atoms with van der Waals surface area (Å²) in [5.41, 5.74) is 2.76. The molecule has 0 unspecified atom stereocenters. The smallest absolute Gasteiger partial charge is 0.222 e. The van der Waals surface area contributed by atoms with E-state index in [0.29, 0.717) is 5.82 Å². The fraction of sp³-hybridized carbons (Fsp3) is 0.0667. The summed E-state index contributed by atoms with van der Waals surface area (Å²) in [6.45, 7) is 1.45. The molecule has 1 N–H and O–H groups in total. The Morgan fingerprint density at radius 1 is 1.10 bits per heavy atom. The molecule has 5 nitrogen and oxygen atoms in total. The minimum atomic E-state index is -0.145. The Bertz CT molecular complexity index is 771. The van der Waals surface area contributed by atoms with E-state index in [1.165, 1.54) is 6.92 Å². The van der Waals surface area contributed by atoms with E-state index in [2.05, 4.69) is 20.3 Å². The molecule has 0 aliphatic rings. The summed E-state index contributed by atoms with van der Waals surface area (Å²) >= 11 is 0. The van der Waals surface area contributed by atoms with Crippen molar-refractivity contribution in [3.05, 3.63) is 49.1 Å². The zero-order valence-corrected chi connectivity index (χ0v) is 10.9. The fourth-order valence-corrected chi connectivity index (χ4v) is 1.97. The van der Waals surface area contributed by atoms with Crippen LogP contribution in [0.5, 0.6) is 0 Å². The summed E-state index contributed by atoms with van der Waals surface area (Å²) in [6, 6.07) is 7.68. The standard InChI is InChI=1S/C15H12N4O/c1-10(20)19-15-6-12-5-13(8-17-14(12)9-18-15)11-3-2-4-16-7-11/h2-9H,1H3,(H,18,19,20). The molecule has 1 amide bonds. The molecule has 0 aliphatic heterocycles. The van der Waals surface area contributed by atoms with E-state index >= 15 is 0 Å².